The number of hydrogen-bond donors (Lipinski definition) is 1. The maximum absolute atomic E-state index is 12.3. The molecule has 2 fully saturated rings. The van der Waals surface area contributed by atoms with Gasteiger partial charge in [-0.15, -0.1) is 0 Å². The van der Waals surface area contributed by atoms with Crippen molar-refractivity contribution >= 4 is 11.8 Å². The first-order chi connectivity index (χ1) is 9.59. The van der Waals surface area contributed by atoms with Crippen LogP contribution in [-0.2, 0) is 14.3 Å². The molecule has 0 saturated carbocycles. The summed E-state index contributed by atoms with van der Waals surface area (Å²) < 4.78 is 5.20. The summed E-state index contributed by atoms with van der Waals surface area (Å²) in [4.78, 5) is 26.3. The lowest BCUT2D eigenvalue weighted by Crippen LogP contribution is -2.51. The molecule has 0 aromatic carbocycles. The number of nitrogens with zero attached hydrogens (tertiary/aromatic N) is 2. The Morgan fingerprint density at radius 3 is 2.45 bits per heavy atom. The second-order valence-corrected chi connectivity index (χ2v) is 5.53. The van der Waals surface area contributed by atoms with E-state index < -0.39 is 11.5 Å². The maximum Gasteiger partial charge on any atom is 0.244 e. The highest BCUT2D eigenvalue weighted by Gasteiger charge is 2.41. The van der Waals surface area contributed by atoms with Crippen LogP contribution in [0, 0.1) is 16.7 Å². The van der Waals surface area contributed by atoms with E-state index in [1.54, 1.807) is 11.8 Å². The highest BCUT2D eigenvalue weighted by molar-refractivity contribution is 5.91. The zero-order chi connectivity index (χ0) is 14.6. The number of carbonyl (C=O) groups excluding carboxylic acids is 2. The van der Waals surface area contributed by atoms with E-state index in [1.165, 1.54) is 0 Å². The first-order valence-electron chi connectivity index (χ1n) is 7.18. The van der Waals surface area contributed by atoms with E-state index in [0.717, 1.165) is 25.9 Å². The van der Waals surface area contributed by atoms with Crippen LogP contribution in [0.15, 0.2) is 0 Å². The van der Waals surface area contributed by atoms with Crippen LogP contribution in [0.5, 0.6) is 0 Å². The van der Waals surface area contributed by atoms with Gasteiger partial charge < -0.3 is 15.0 Å². The van der Waals surface area contributed by atoms with Crippen molar-refractivity contribution in [2.24, 2.45) is 5.41 Å². The number of rotatable bonds is 3. The van der Waals surface area contributed by atoms with Gasteiger partial charge in [-0.2, -0.15) is 5.26 Å². The summed E-state index contributed by atoms with van der Waals surface area (Å²) in [5.41, 5.74) is -1.04. The third-order valence-corrected chi connectivity index (χ3v) is 4.13. The predicted molar refractivity (Wildman–Crippen MR) is 71.5 cm³/mol. The van der Waals surface area contributed by atoms with Gasteiger partial charge in [-0.05, 0) is 32.6 Å². The average molecular weight is 279 g/mol. The Balaban J connectivity index is 1.95. The molecule has 2 aliphatic rings. The lowest BCUT2D eigenvalue weighted by molar-refractivity contribution is -0.139. The topological polar surface area (TPSA) is 82.4 Å². The van der Waals surface area contributed by atoms with E-state index in [1.807, 2.05) is 0 Å². The van der Waals surface area contributed by atoms with Crippen LogP contribution in [0.1, 0.15) is 32.6 Å². The minimum absolute atomic E-state index is 0.0593. The fraction of sp³-hybridized carbons (Fsp3) is 0.786. The molecule has 2 rings (SSSR count). The highest BCUT2D eigenvalue weighted by Crippen LogP contribution is 2.30. The van der Waals surface area contributed by atoms with Crippen LogP contribution in [0.4, 0.5) is 0 Å². The van der Waals surface area contributed by atoms with Gasteiger partial charge in [0.2, 0.25) is 11.8 Å². The minimum atomic E-state index is -1.04. The molecule has 0 spiro atoms. The Kier molecular flexibility index (Phi) is 4.61. The molecule has 1 N–H and O–H groups in total. The van der Waals surface area contributed by atoms with Crippen LogP contribution >= 0.6 is 0 Å². The van der Waals surface area contributed by atoms with E-state index in [9.17, 15) is 14.9 Å². The summed E-state index contributed by atoms with van der Waals surface area (Å²) in [6.07, 6.45) is 2.82. The number of likely N-dealkylation sites (tertiary alicyclic amines) is 1. The number of ether oxygens (including phenoxy) is 1. The summed E-state index contributed by atoms with van der Waals surface area (Å²) in [6, 6.07) is 1.54. The van der Waals surface area contributed by atoms with Crippen molar-refractivity contribution in [3.63, 3.8) is 0 Å². The largest absolute Gasteiger partial charge is 0.381 e. The zero-order valence-electron chi connectivity index (χ0n) is 11.9. The van der Waals surface area contributed by atoms with Crippen LogP contribution in [0.25, 0.3) is 0 Å². The van der Waals surface area contributed by atoms with Crippen LogP contribution in [0.3, 0.4) is 0 Å². The van der Waals surface area contributed by atoms with Gasteiger partial charge >= 0.3 is 0 Å². The molecular weight excluding hydrogens is 258 g/mol. The van der Waals surface area contributed by atoms with Gasteiger partial charge in [0, 0.05) is 26.3 Å². The van der Waals surface area contributed by atoms with Crippen molar-refractivity contribution in [1.29, 1.82) is 5.26 Å². The average Bonchev–Trinajstić information content (AvgIpc) is 3.01. The maximum atomic E-state index is 12.3. The molecule has 0 aromatic rings. The van der Waals surface area contributed by atoms with E-state index in [4.69, 9.17) is 4.74 Å². The van der Waals surface area contributed by atoms with Crippen molar-refractivity contribution in [3.8, 4) is 6.07 Å². The second-order valence-electron chi connectivity index (χ2n) is 5.53. The second kappa shape index (κ2) is 6.23. The van der Waals surface area contributed by atoms with Gasteiger partial charge in [0.05, 0.1) is 6.07 Å². The number of nitrogens with one attached hydrogen (secondary N) is 1. The van der Waals surface area contributed by atoms with Crippen molar-refractivity contribution in [3.05, 3.63) is 0 Å². The number of nitriles is 1. The Bertz CT molecular complexity index is 418. The summed E-state index contributed by atoms with van der Waals surface area (Å²) in [7, 11) is 0. The molecule has 2 amide bonds. The van der Waals surface area contributed by atoms with Crippen molar-refractivity contribution < 1.29 is 14.3 Å². The van der Waals surface area contributed by atoms with E-state index >= 15 is 0 Å². The molecule has 110 valence electrons. The molecule has 20 heavy (non-hydrogen) atoms. The molecule has 0 bridgehead atoms. The molecule has 6 heteroatoms. The monoisotopic (exact) mass is 279 g/mol. The van der Waals surface area contributed by atoms with Crippen LogP contribution in [0.2, 0.25) is 0 Å². The molecule has 0 aliphatic carbocycles. The fourth-order valence-corrected chi connectivity index (χ4v) is 2.72. The lowest BCUT2D eigenvalue weighted by Gasteiger charge is -2.31. The Morgan fingerprint density at radius 1 is 1.30 bits per heavy atom. The standard InChI is InChI=1S/C14H21N3O3/c1-11(12(18)17-6-2-3-7-17)16-13(19)14(10-15)4-8-20-9-5-14/h11H,2-9H2,1H3,(H,16,19). The zero-order valence-corrected chi connectivity index (χ0v) is 11.9. The molecule has 2 aliphatic heterocycles. The first-order valence-corrected chi connectivity index (χ1v) is 7.18. The predicted octanol–water partition coefficient (Wildman–Crippen LogP) is 0.434. The van der Waals surface area contributed by atoms with Gasteiger partial charge in [0.1, 0.15) is 11.5 Å². The number of hydrogen-bond acceptors (Lipinski definition) is 4. The van der Waals surface area contributed by atoms with Crippen molar-refractivity contribution in [1.82, 2.24) is 10.2 Å². The molecule has 6 nitrogen and oxygen atoms in total. The Hall–Kier alpha value is -1.61. The quantitative estimate of drug-likeness (QED) is 0.812. The Labute approximate surface area is 119 Å². The summed E-state index contributed by atoms with van der Waals surface area (Å²) in [6.45, 7) is 4.03. The third-order valence-electron chi connectivity index (χ3n) is 4.13. The van der Waals surface area contributed by atoms with E-state index in [2.05, 4.69) is 11.4 Å². The van der Waals surface area contributed by atoms with Gasteiger partial charge in [-0.3, -0.25) is 9.59 Å². The smallest absolute Gasteiger partial charge is 0.244 e. The van der Waals surface area contributed by atoms with Gasteiger partial charge in [-0.1, -0.05) is 0 Å². The first kappa shape index (κ1) is 14.8. The van der Waals surface area contributed by atoms with E-state index in [0.29, 0.717) is 26.1 Å². The van der Waals surface area contributed by atoms with Gasteiger partial charge in [-0.25, -0.2) is 0 Å². The molecule has 1 unspecified atom stereocenters. The lowest BCUT2D eigenvalue weighted by atomic mass is 9.80. The van der Waals surface area contributed by atoms with Crippen LogP contribution < -0.4 is 5.32 Å². The minimum Gasteiger partial charge on any atom is -0.381 e. The Morgan fingerprint density at radius 2 is 1.90 bits per heavy atom. The molecule has 2 heterocycles. The SMILES string of the molecule is CC(NC(=O)C1(C#N)CCOCC1)C(=O)N1CCCC1. The fourth-order valence-electron chi connectivity index (χ4n) is 2.72. The van der Waals surface area contributed by atoms with E-state index in [-0.39, 0.29) is 11.8 Å². The number of amides is 2. The summed E-state index contributed by atoms with van der Waals surface area (Å²) in [5.74, 6) is -0.403. The number of carbonyl (C=O) groups is 2. The van der Waals surface area contributed by atoms with Gasteiger partial charge in [0.25, 0.3) is 0 Å². The van der Waals surface area contributed by atoms with Gasteiger partial charge in [0.15, 0.2) is 0 Å². The van der Waals surface area contributed by atoms with Crippen molar-refractivity contribution in [2.45, 2.75) is 38.6 Å². The van der Waals surface area contributed by atoms with Crippen molar-refractivity contribution in [2.75, 3.05) is 26.3 Å². The molecule has 1 atom stereocenters. The third kappa shape index (κ3) is 2.93. The molecular formula is C14H21N3O3. The normalized spacial score (nSPS) is 22.9. The highest BCUT2D eigenvalue weighted by atomic mass is 16.5. The molecule has 0 radical (unpaired) electrons. The summed E-state index contributed by atoms with van der Waals surface area (Å²) >= 11 is 0. The molecule has 0 aromatic heterocycles. The van der Waals surface area contributed by atoms with Crippen LogP contribution in [-0.4, -0.2) is 49.1 Å². The summed E-state index contributed by atoms with van der Waals surface area (Å²) in [5, 5.41) is 12.0. The molecule has 2 saturated heterocycles.